The Hall–Kier alpha value is -3.43. The first kappa shape index (κ1) is 24.7. The summed E-state index contributed by atoms with van der Waals surface area (Å²) in [7, 11) is -0.515. The van der Waals surface area contributed by atoms with Crippen molar-refractivity contribution in [1.29, 1.82) is 0 Å². The molecule has 1 N–H and O–H groups in total. The summed E-state index contributed by atoms with van der Waals surface area (Å²) in [6, 6.07) is 16.4. The van der Waals surface area contributed by atoms with Gasteiger partial charge in [0.15, 0.2) is 0 Å². The van der Waals surface area contributed by atoms with Crippen LogP contribution in [0.15, 0.2) is 71.8 Å². The van der Waals surface area contributed by atoms with Gasteiger partial charge in [-0.1, -0.05) is 25.3 Å². The lowest BCUT2D eigenvalue weighted by Gasteiger charge is -2.30. The molecule has 0 unspecified atom stereocenters. The number of amides is 1. The van der Waals surface area contributed by atoms with Crippen LogP contribution in [0.4, 0.5) is 5.69 Å². The van der Waals surface area contributed by atoms with Crippen LogP contribution in [0.25, 0.3) is 0 Å². The molecule has 1 amide bonds. The van der Waals surface area contributed by atoms with E-state index in [2.05, 4.69) is 10.3 Å². The van der Waals surface area contributed by atoms with Gasteiger partial charge in [-0.15, -0.1) is 0 Å². The fourth-order valence-electron chi connectivity index (χ4n) is 4.12. The molecule has 1 heterocycles. The molecule has 0 atom stereocenters. The van der Waals surface area contributed by atoms with Crippen molar-refractivity contribution in [1.82, 2.24) is 9.29 Å². The minimum Gasteiger partial charge on any atom is -0.497 e. The molecule has 1 saturated carbocycles. The van der Waals surface area contributed by atoms with Crippen molar-refractivity contribution in [3.63, 3.8) is 0 Å². The van der Waals surface area contributed by atoms with Crippen molar-refractivity contribution < 1.29 is 22.7 Å². The molecule has 1 aliphatic rings. The van der Waals surface area contributed by atoms with Crippen molar-refractivity contribution in [2.24, 2.45) is 0 Å². The SMILES string of the molecule is COc1ccc(Oc2ncccc2NC(=O)c2cccc(S(=O)(=O)N(C)C3CCCCC3)c2)cc1. The standard InChI is InChI=1S/C26H29N3O5S/c1-29(20-9-4-3-5-10-20)35(31,32)23-11-6-8-19(18-23)25(30)28-24-12-7-17-27-26(24)34-22-15-13-21(33-2)14-16-22/h6-8,11-18,20H,3-5,9-10H2,1-2H3,(H,28,30). The van der Waals surface area contributed by atoms with Crippen LogP contribution in [0.1, 0.15) is 42.5 Å². The molecule has 2 aromatic carbocycles. The summed E-state index contributed by atoms with van der Waals surface area (Å²) in [4.78, 5) is 17.4. The first-order chi connectivity index (χ1) is 16.9. The number of ether oxygens (including phenoxy) is 2. The summed E-state index contributed by atoms with van der Waals surface area (Å²) in [5.74, 6) is 0.969. The Bertz CT molecular complexity index is 1270. The topological polar surface area (TPSA) is 97.8 Å². The van der Waals surface area contributed by atoms with Crippen molar-refractivity contribution >= 4 is 21.6 Å². The minimum atomic E-state index is -3.72. The predicted molar refractivity (Wildman–Crippen MR) is 134 cm³/mol. The maximum atomic E-state index is 13.2. The van der Waals surface area contributed by atoms with E-state index in [0.29, 0.717) is 17.2 Å². The first-order valence-corrected chi connectivity index (χ1v) is 13.0. The number of carbonyl (C=O) groups is 1. The van der Waals surface area contributed by atoms with E-state index in [9.17, 15) is 13.2 Å². The van der Waals surface area contributed by atoms with Crippen molar-refractivity contribution in [2.45, 2.75) is 43.0 Å². The average molecular weight is 496 g/mol. The number of nitrogens with zero attached hydrogens (tertiary/aromatic N) is 2. The summed E-state index contributed by atoms with van der Waals surface area (Å²) >= 11 is 0. The van der Waals surface area contributed by atoms with Crippen LogP contribution < -0.4 is 14.8 Å². The van der Waals surface area contributed by atoms with Crippen molar-refractivity contribution in [3.8, 4) is 17.4 Å². The number of methoxy groups -OCH3 is 1. The number of rotatable bonds is 8. The third kappa shape index (κ3) is 5.80. The predicted octanol–water partition coefficient (Wildman–Crippen LogP) is 5.09. The summed E-state index contributed by atoms with van der Waals surface area (Å²) in [6.07, 6.45) is 6.46. The second kappa shape index (κ2) is 10.9. The van der Waals surface area contributed by atoms with Gasteiger partial charge >= 0.3 is 0 Å². The molecule has 0 spiro atoms. The number of hydrogen-bond donors (Lipinski definition) is 1. The van der Waals surface area contributed by atoms with Crippen LogP contribution in [0.3, 0.4) is 0 Å². The number of nitrogens with one attached hydrogen (secondary N) is 1. The fraction of sp³-hybridized carbons (Fsp3) is 0.308. The van der Waals surface area contributed by atoms with Gasteiger partial charge in [0.1, 0.15) is 17.2 Å². The Morgan fingerprint density at radius 3 is 2.43 bits per heavy atom. The van der Waals surface area contributed by atoms with Gasteiger partial charge in [-0.3, -0.25) is 4.79 Å². The first-order valence-electron chi connectivity index (χ1n) is 11.5. The summed E-state index contributed by atoms with van der Waals surface area (Å²) in [6.45, 7) is 0. The number of sulfonamides is 1. The lowest BCUT2D eigenvalue weighted by Crippen LogP contribution is -2.38. The van der Waals surface area contributed by atoms with Gasteiger partial charge in [0, 0.05) is 24.8 Å². The average Bonchev–Trinajstić information content (AvgIpc) is 2.90. The summed E-state index contributed by atoms with van der Waals surface area (Å²) in [5.41, 5.74) is 0.586. The summed E-state index contributed by atoms with van der Waals surface area (Å²) in [5, 5.41) is 2.78. The van der Waals surface area contributed by atoms with Crippen LogP contribution in [-0.4, -0.2) is 43.8 Å². The van der Waals surface area contributed by atoms with E-state index in [-0.39, 0.29) is 22.4 Å². The van der Waals surface area contributed by atoms with Gasteiger partial charge in [-0.25, -0.2) is 13.4 Å². The largest absolute Gasteiger partial charge is 0.497 e. The quantitative estimate of drug-likeness (QED) is 0.468. The number of carbonyl (C=O) groups excluding carboxylic acids is 1. The second-order valence-electron chi connectivity index (χ2n) is 8.43. The Labute approximate surface area is 206 Å². The fourth-order valence-corrected chi connectivity index (χ4v) is 5.58. The van der Waals surface area contributed by atoms with Gasteiger partial charge in [0.25, 0.3) is 5.91 Å². The van der Waals surface area contributed by atoms with Crippen LogP contribution in [0.2, 0.25) is 0 Å². The van der Waals surface area contributed by atoms with E-state index >= 15 is 0 Å². The van der Waals surface area contributed by atoms with Crippen LogP contribution >= 0.6 is 0 Å². The highest BCUT2D eigenvalue weighted by molar-refractivity contribution is 7.89. The maximum Gasteiger partial charge on any atom is 0.255 e. The highest BCUT2D eigenvalue weighted by Gasteiger charge is 2.29. The van der Waals surface area contributed by atoms with E-state index in [1.165, 1.54) is 16.4 Å². The molecule has 9 heteroatoms. The third-order valence-corrected chi connectivity index (χ3v) is 8.06. The Kier molecular flexibility index (Phi) is 7.67. The molecular weight excluding hydrogens is 466 g/mol. The molecule has 1 aromatic heterocycles. The smallest absolute Gasteiger partial charge is 0.255 e. The van der Waals surface area contributed by atoms with Crippen LogP contribution in [0.5, 0.6) is 17.4 Å². The molecule has 0 aliphatic heterocycles. The molecule has 8 nitrogen and oxygen atoms in total. The Balaban J connectivity index is 1.51. The monoisotopic (exact) mass is 495 g/mol. The molecule has 0 radical (unpaired) electrons. The molecule has 35 heavy (non-hydrogen) atoms. The van der Waals surface area contributed by atoms with E-state index in [4.69, 9.17) is 9.47 Å². The number of hydrogen-bond acceptors (Lipinski definition) is 6. The van der Waals surface area contributed by atoms with Gasteiger partial charge in [0.2, 0.25) is 15.9 Å². The minimum absolute atomic E-state index is 0.0145. The van der Waals surface area contributed by atoms with E-state index in [1.54, 1.807) is 68.9 Å². The van der Waals surface area contributed by atoms with Gasteiger partial charge in [-0.2, -0.15) is 4.31 Å². The molecule has 1 aliphatic carbocycles. The lowest BCUT2D eigenvalue weighted by molar-refractivity contribution is 0.102. The van der Waals surface area contributed by atoms with Gasteiger partial charge in [0.05, 0.1) is 12.0 Å². The van der Waals surface area contributed by atoms with Gasteiger partial charge < -0.3 is 14.8 Å². The van der Waals surface area contributed by atoms with Crippen molar-refractivity contribution in [2.75, 3.05) is 19.5 Å². The molecule has 0 bridgehead atoms. The molecular formula is C26H29N3O5S. The number of benzene rings is 2. The number of anilines is 1. The highest BCUT2D eigenvalue weighted by Crippen LogP contribution is 2.29. The molecule has 1 fully saturated rings. The normalized spacial score (nSPS) is 14.5. The lowest BCUT2D eigenvalue weighted by atomic mass is 9.96. The maximum absolute atomic E-state index is 13.2. The van der Waals surface area contributed by atoms with E-state index in [1.807, 2.05) is 0 Å². The Morgan fingerprint density at radius 2 is 1.71 bits per heavy atom. The third-order valence-electron chi connectivity index (χ3n) is 6.16. The second-order valence-corrected chi connectivity index (χ2v) is 10.4. The zero-order chi connectivity index (χ0) is 24.8. The van der Waals surface area contributed by atoms with Gasteiger partial charge in [-0.05, 0) is 67.4 Å². The zero-order valence-electron chi connectivity index (χ0n) is 19.8. The van der Waals surface area contributed by atoms with Crippen LogP contribution in [-0.2, 0) is 10.0 Å². The zero-order valence-corrected chi connectivity index (χ0v) is 20.6. The molecule has 4 rings (SSSR count). The molecule has 184 valence electrons. The highest BCUT2D eigenvalue weighted by atomic mass is 32.2. The summed E-state index contributed by atoms with van der Waals surface area (Å²) < 4.78 is 38.9. The molecule has 0 saturated heterocycles. The van der Waals surface area contributed by atoms with E-state index in [0.717, 1.165) is 32.1 Å². The Morgan fingerprint density at radius 1 is 1.00 bits per heavy atom. The number of aromatic nitrogens is 1. The van der Waals surface area contributed by atoms with Crippen molar-refractivity contribution in [3.05, 3.63) is 72.4 Å². The number of pyridine rings is 1. The van der Waals surface area contributed by atoms with E-state index < -0.39 is 15.9 Å². The van der Waals surface area contributed by atoms with Crippen LogP contribution in [0, 0.1) is 0 Å². The molecule has 3 aromatic rings.